The molecule has 0 amide bonds. The van der Waals surface area contributed by atoms with Gasteiger partial charge < -0.3 is 5.32 Å². The fraction of sp³-hybridized carbons (Fsp3) is 0.533. The Kier molecular flexibility index (Phi) is 3.99. The summed E-state index contributed by atoms with van der Waals surface area (Å²) in [5, 5.41) is 12.7. The molecule has 0 radical (unpaired) electrons. The van der Waals surface area contributed by atoms with Crippen LogP contribution in [0.5, 0.6) is 0 Å². The Balaban J connectivity index is 2.08. The van der Waals surface area contributed by atoms with Gasteiger partial charge in [-0.05, 0) is 51.3 Å². The monoisotopic (exact) mass is 260 g/mol. The molecule has 0 bridgehead atoms. The fourth-order valence-corrected chi connectivity index (χ4v) is 3.58. The van der Waals surface area contributed by atoms with Crippen molar-refractivity contribution >= 4 is 11.8 Å². The summed E-state index contributed by atoms with van der Waals surface area (Å²) in [5.74, 6) is 1.36. The van der Waals surface area contributed by atoms with Crippen LogP contribution in [-0.4, -0.2) is 18.3 Å². The molecule has 0 aromatic heterocycles. The SMILES string of the molecule is CNC(C#N)(CSc1ccc(C)cc1C)C1CC1. The summed E-state index contributed by atoms with van der Waals surface area (Å²) in [4.78, 5) is 1.29. The highest BCUT2D eigenvalue weighted by atomic mass is 32.2. The second-order valence-electron chi connectivity index (χ2n) is 5.17. The molecule has 0 saturated heterocycles. The van der Waals surface area contributed by atoms with E-state index in [2.05, 4.69) is 43.4 Å². The van der Waals surface area contributed by atoms with Crippen LogP contribution < -0.4 is 5.32 Å². The molecule has 18 heavy (non-hydrogen) atoms. The molecule has 1 N–H and O–H groups in total. The quantitative estimate of drug-likeness (QED) is 0.825. The zero-order valence-corrected chi connectivity index (χ0v) is 12.1. The zero-order chi connectivity index (χ0) is 13.2. The third kappa shape index (κ3) is 2.71. The van der Waals surface area contributed by atoms with Crippen LogP contribution in [0, 0.1) is 31.1 Å². The Morgan fingerprint density at radius 1 is 1.44 bits per heavy atom. The van der Waals surface area contributed by atoms with Gasteiger partial charge >= 0.3 is 0 Å². The van der Waals surface area contributed by atoms with Gasteiger partial charge in [0.25, 0.3) is 0 Å². The van der Waals surface area contributed by atoms with Crippen LogP contribution in [0.3, 0.4) is 0 Å². The van der Waals surface area contributed by atoms with Gasteiger partial charge in [-0.15, -0.1) is 11.8 Å². The van der Waals surface area contributed by atoms with Crippen molar-refractivity contribution in [2.24, 2.45) is 5.92 Å². The summed E-state index contributed by atoms with van der Waals surface area (Å²) in [6.45, 7) is 4.25. The standard InChI is InChI=1S/C15H20N2S/c1-11-4-7-14(12(2)8-11)18-10-15(9-16,17-3)13-5-6-13/h4,7-8,13,17H,5-6,10H2,1-3H3. The molecule has 3 heteroatoms. The second kappa shape index (κ2) is 5.34. The lowest BCUT2D eigenvalue weighted by Crippen LogP contribution is -2.46. The minimum atomic E-state index is -0.345. The first-order valence-corrected chi connectivity index (χ1v) is 7.40. The first-order valence-electron chi connectivity index (χ1n) is 6.41. The topological polar surface area (TPSA) is 35.8 Å². The van der Waals surface area contributed by atoms with Crippen LogP contribution in [0.15, 0.2) is 23.1 Å². The fourth-order valence-electron chi connectivity index (χ4n) is 2.30. The minimum absolute atomic E-state index is 0.345. The van der Waals surface area contributed by atoms with Gasteiger partial charge in [-0.3, -0.25) is 0 Å². The number of benzene rings is 1. The zero-order valence-electron chi connectivity index (χ0n) is 11.3. The maximum atomic E-state index is 9.45. The molecule has 0 heterocycles. The maximum absolute atomic E-state index is 9.45. The third-order valence-corrected chi connectivity index (χ3v) is 5.07. The maximum Gasteiger partial charge on any atom is 0.118 e. The smallest absolute Gasteiger partial charge is 0.118 e. The number of rotatable bonds is 5. The number of hydrogen-bond donors (Lipinski definition) is 1. The average molecular weight is 260 g/mol. The predicted octanol–water partition coefficient (Wildman–Crippen LogP) is 3.29. The van der Waals surface area contributed by atoms with Crippen molar-refractivity contribution < 1.29 is 0 Å². The molecule has 1 atom stereocenters. The van der Waals surface area contributed by atoms with Crippen LogP contribution in [0.2, 0.25) is 0 Å². The van der Waals surface area contributed by atoms with Crippen LogP contribution in [0.25, 0.3) is 0 Å². The third-order valence-electron chi connectivity index (χ3n) is 3.71. The molecule has 1 fully saturated rings. The van der Waals surface area contributed by atoms with Gasteiger partial charge in [-0.2, -0.15) is 5.26 Å². The lowest BCUT2D eigenvalue weighted by molar-refractivity contribution is 0.441. The largest absolute Gasteiger partial charge is 0.302 e. The number of nitriles is 1. The summed E-state index contributed by atoms with van der Waals surface area (Å²) >= 11 is 1.80. The highest BCUT2D eigenvalue weighted by Gasteiger charge is 2.44. The van der Waals surface area contributed by atoms with Crippen molar-refractivity contribution in [3.63, 3.8) is 0 Å². The number of nitrogens with zero attached hydrogens (tertiary/aromatic N) is 1. The normalized spacial score (nSPS) is 18.1. The highest BCUT2D eigenvalue weighted by Crippen LogP contribution is 2.42. The van der Waals surface area contributed by atoms with Gasteiger partial charge in [-0.1, -0.05) is 17.7 Å². The van der Waals surface area contributed by atoms with Gasteiger partial charge in [0.05, 0.1) is 6.07 Å². The van der Waals surface area contributed by atoms with Gasteiger partial charge in [0.2, 0.25) is 0 Å². The first kappa shape index (κ1) is 13.5. The molecule has 1 aromatic rings. The van der Waals surface area contributed by atoms with E-state index in [1.165, 1.54) is 28.9 Å². The van der Waals surface area contributed by atoms with E-state index in [0.717, 1.165) is 5.75 Å². The van der Waals surface area contributed by atoms with E-state index < -0.39 is 0 Å². The van der Waals surface area contributed by atoms with E-state index in [0.29, 0.717) is 5.92 Å². The van der Waals surface area contributed by atoms with Crippen LogP contribution >= 0.6 is 11.8 Å². The predicted molar refractivity (Wildman–Crippen MR) is 76.8 cm³/mol. The molecule has 0 aliphatic heterocycles. The first-order chi connectivity index (χ1) is 8.61. The molecule has 1 aliphatic carbocycles. The molecule has 2 nitrogen and oxygen atoms in total. The number of thioether (sulfide) groups is 1. The van der Waals surface area contributed by atoms with Crippen LogP contribution in [0.4, 0.5) is 0 Å². The summed E-state index contributed by atoms with van der Waals surface area (Å²) in [5.41, 5.74) is 2.25. The summed E-state index contributed by atoms with van der Waals surface area (Å²) in [6, 6.07) is 9.00. The molecule has 1 aromatic carbocycles. The van der Waals surface area contributed by atoms with E-state index in [4.69, 9.17) is 0 Å². The highest BCUT2D eigenvalue weighted by molar-refractivity contribution is 7.99. The van der Waals surface area contributed by atoms with E-state index in [1.54, 1.807) is 11.8 Å². The van der Waals surface area contributed by atoms with Gasteiger partial charge in [-0.25, -0.2) is 0 Å². The van der Waals surface area contributed by atoms with E-state index in [1.807, 2.05) is 7.05 Å². The van der Waals surface area contributed by atoms with Crippen molar-refractivity contribution in [3.05, 3.63) is 29.3 Å². The molecular formula is C15H20N2S. The molecule has 0 spiro atoms. The summed E-state index contributed by atoms with van der Waals surface area (Å²) in [6.07, 6.45) is 2.36. The summed E-state index contributed by atoms with van der Waals surface area (Å²) in [7, 11) is 1.91. The number of aryl methyl sites for hydroxylation is 2. The average Bonchev–Trinajstić information content (AvgIpc) is 3.18. The van der Waals surface area contributed by atoms with Gasteiger partial charge in [0.1, 0.15) is 5.54 Å². The lowest BCUT2D eigenvalue weighted by Gasteiger charge is -2.25. The number of nitrogens with one attached hydrogen (secondary N) is 1. The van der Waals surface area contributed by atoms with Crippen LogP contribution in [-0.2, 0) is 0 Å². The summed E-state index contributed by atoms with van der Waals surface area (Å²) < 4.78 is 0. The van der Waals surface area contributed by atoms with Crippen LogP contribution in [0.1, 0.15) is 24.0 Å². The Morgan fingerprint density at radius 3 is 2.67 bits per heavy atom. The Morgan fingerprint density at radius 2 is 2.17 bits per heavy atom. The van der Waals surface area contributed by atoms with E-state index in [-0.39, 0.29) is 5.54 Å². The molecule has 1 unspecified atom stereocenters. The lowest BCUT2D eigenvalue weighted by atomic mass is 9.98. The van der Waals surface area contributed by atoms with Crippen molar-refractivity contribution in [3.8, 4) is 6.07 Å². The second-order valence-corrected chi connectivity index (χ2v) is 6.18. The molecule has 2 rings (SSSR count). The molecule has 1 aliphatic rings. The van der Waals surface area contributed by atoms with Crippen molar-refractivity contribution in [1.82, 2.24) is 5.32 Å². The van der Waals surface area contributed by atoms with Crippen molar-refractivity contribution in [2.45, 2.75) is 37.1 Å². The van der Waals surface area contributed by atoms with Gasteiger partial charge in [0.15, 0.2) is 0 Å². The minimum Gasteiger partial charge on any atom is -0.302 e. The van der Waals surface area contributed by atoms with Crippen molar-refractivity contribution in [1.29, 1.82) is 5.26 Å². The van der Waals surface area contributed by atoms with Gasteiger partial charge in [0, 0.05) is 10.6 Å². The molecular weight excluding hydrogens is 240 g/mol. The Hall–Kier alpha value is -0.980. The van der Waals surface area contributed by atoms with E-state index >= 15 is 0 Å². The molecule has 96 valence electrons. The number of hydrogen-bond acceptors (Lipinski definition) is 3. The molecule has 1 saturated carbocycles. The Labute approximate surface area is 114 Å². The Bertz CT molecular complexity index is 474. The van der Waals surface area contributed by atoms with Crippen molar-refractivity contribution in [2.75, 3.05) is 12.8 Å². The van der Waals surface area contributed by atoms with E-state index in [9.17, 15) is 5.26 Å².